The minimum atomic E-state index is -0.164. The van der Waals surface area contributed by atoms with Crippen molar-refractivity contribution in [3.8, 4) is 5.75 Å². The summed E-state index contributed by atoms with van der Waals surface area (Å²) in [5.74, 6) is 0.254. The number of thiazole rings is 1. The predicted molar refractivity (Wildman–Crippen MR) is 122 cm³/mol. The summed E-state index contributed by atoms with van der Waals surface area (Å²) < 4.78 is 5.29. The number of carbonyl (C=O) groups excluding carboxylic acids is 2. The van der Waals surface area contributed by atoms with Crippen LogP contribution < -0.4 is 9.64 Å². The van der Waals surface area contributed by atoms with E-state index in [0.29, 0.717) is 22.1 Å². The summed E-state index contributed by atoms with van der Waals surface area (Å²) >= 11 is 1.36. The highest BCUT2D eigenvalue weighted by molar-refractivity contribution is 7.14. The van der Waals surface area contributed by atoms with E-state index in [1.165, 1.54) is 24.3 Å². The van der Waals surface area contributed by atoms with Crippen molar-refractivity contribution in [2.75, 3.05) is 12.0 Å². The molecule has 0 aliphatic carbocycles. The first kappa shape index (κ1) is 21.5. The largest absolute Gasteiger partial charge is 0.496 e. The van der Waals surface area contributed by atoms with Gasteiger partial charge in [-0.05, 0) is 62.2 Å². The Kier molecular flexibility index (Phi) is 6.47. The summed E-state index contributed by atoms with van der Waals surface area (Å²) in [6, 6.07) is 11.3. The van der Waals surface area contributed by atoms with Gasteiger partial charge in [0.2, 0.25) is 5.91 Å². The quantitative estimate of drug-likeness (QED) is 0.381. The molecule has 2 aromatic carbocycles. The number of anilines is 2. The van der Waals surface area contributed by atoms with Gasteiger partial charge in [0.25, 0.3) is 0 Å². The second-order valence-electron chi connectivity index (χ2n) is 7.03. The minimum absolute atomic E-state index is 0.117. The third-order valence-corrected chi connectivity index (χ3v) is 5.70. The molecule has 0 fully saturated rings. The molecular formula is C24H24N2O3S. The zero-order chi connectivity index (χ0) is 21.8. The maximum absolute atomic E-state index is 12.6. The molecule has 6 heteroatoms. The average Bonchev–Trinajstić information content (AvgIpc) is 3.17. The second-order valence-corrected chi connectivity index (χ2v) is 7.87. The summed E-state index contributed by atoms with van der Waals surface area (Å²) in [5.41, 5.74) is 5.05. The van der Waals surface area contributed by atoms with Crippen LogP contribution in [-0.4, -0.2) is 23.8 Å². The Bertz CT molecular complexity index is 1130. The molecule has 0 saturated heterocycles. The maximum Gasteiger partial charge on any atom is 0.230 e. The van der Waals surface area contributed by atoms with Crippen molar-refractivity contribution in [1.82, 2.24) is 4.98 Å². The highest BCUT2D eigenvalue weighted by Crippen LogP contribution is 2.32. The molecule has 0 atom stereocenters. The van der Waals surface area contributed by atoms with E-state index in [0.717, 1.165) is 22.4 Å². The number of benzene rings is 2. The molecule has 0 N–H and O–H groups in total. The molecule has 1 heterocycles. The molecule has 30 heavy (non-hydrogen) atoms. The zero-order valence-corrected chi connectivity index (χ0v) is 18.5. The summed E-state index contributed by atoms with van der Waals surface area (Å²) in [6.07, 6.45) is 3.14. The first-order valence-electron chi connectivity index (χ1n) is 9.51. The van der Waals surface area contributed by atoms with Crippen LogP contribution in [0, 0.1) is 20.8 Å². The van der Waals surface area contributed by atoms with E-state index in [1.54, 1.807) is 30.2 Å². The fourth-order valence-corrected chi connectivity index (χ4v) is 3.95. The molecule has 0 aliphatic rings. The molecular weight excluding hydrogens is 396 g/mol. The number of hydrogen-bond donors (Lipinski definition) is 0. The smallest absolute Gasteiger partial charge is 0.230 e. The normalized spacial score (nSPS) is 11.0. The van der Waals surface area contributed by atoms with E-state index in [9.17, 15) is 9.59 Å². The fraction of sp³-hybridized carbons (Fsp3) is 0.208. The van der Waals surface area contributed by atoms with Crippen molar-refractivity contribution in [2.24, 2.45) is 0 Å². The Hall–Kier alpha value is -3.25. The van der Waals surface area contributed by atoms with Gasteiger partial charge in [0.1, 0.15) is 5.75 Å². The summed E-state index contributed by atoms with van der Waals surface area (Å²) in [5, 5.41) is 2.39. The van der Waals surface area contributed by atoms with Crippen molar-refractivity contribution >= 4 is 39.9 Å². The van der Waals surface area contributed by atoms with Crippen LogP contribution in [0.3, 0.4) is 0 Å². The Balaban J connectivity index is 1.88. The lowest BCUT2D eigenvalue weighted by Gasteiger charge is -2.21. The van der Waals surface area contributed by atoms with Gasteiger partial charge in [-0.3, -0.25) is 14.5 Å². The molecule has 0 saturated carbocycles. The van der Waals surface area contributed by atoms with Gasteiger partial charge >= 0.3 is 0 Å². The molecule has 0 bridgehead atoms. The summed E-state index contributed by atoms with van der Waals surface area (Å²) in [4.78, 5) is 31.2. The topological polar surface area (TPSA) is 59.5 Å². The number of aromatic nitrogens is 1. The molecule has 5 nitrogen and oxygen atoms in total. The first-order chi connectivity index (χ1) is 14.3. The number of ketones is 1. The number of nitrogens with zero attached hydrogens (tertiary/aromatic N) is 2. The van der Waals surface area contributed by atoms with Crippen LogP contribution in [0.2, 0.25) is 0 Å². The van der Waals surface area contributed by atoms with Crippen LogP contribution >= 0.6 is 11.3 Å². The number of methoxy groups -OCH3 is 1. The highest BCUT2D eigenvalue weighted by Gasteiger charge is 2.20. The van der Waals surface area contributed by atoms with Crippen molar-refractivity contribution in [2.45, 2.75) is 27.7 Å². The van der Waals surface area contributed by atoms with E-state index >= 15 is 0 Å². The lowest BCUT2D eigenvalue weighted by Crippen LogP contribution is -2.23. The fourth-order valence-electron chi connectivity index (χ4n) is 3.11. The van der Waals surface area contributed by atoms with Gasteiger partial charge in [0, 0.05) is 12.3 Å². The predicted octanol–water partition coefficient (Wildman–Crippen LogP) is 5.66. The van der Waals surface area contributed by atoms with E-state index in [2.05, 4.69) is 4.98 Å². The van der Waals surface area contributed by atoms with Gasteiger partial charge in [-0.15, -0.1) is 11.3 Å². The van der Waals surface area contributed by atoms with Crippen molar-refractivity contribution in [1.29, 1.82) is 0 Å². The molecule has 1 aromatic heterocycles. The molecule has 0 unspecified atom stereocenters. The lowest BCUT2D eigenvalue weighted by molar-refractivity contribution is -0.115. The van der Waals surface area contributed by atoms with Gasteiger partial charge in [0.15, 0.2) is 10.9 Å². The molecule has 0 spiro atoms. The zero-order valence-electron chi connectivity index (χ0n) is 17.7. The van der Waals surface area contributed by atoms with Gasteiger partial charge in [-0.25, -0.2) is 4.98 Å². The van der Waals surface area contributed by atoms with E-state index in [1.807, 2.05) is 50.4 Å². The third-order valence-electron chi connectivity index (χ3n) is 4.86. The van der Waals surface area contributed by atoms with E-state index < -0.39 is 0 Å². The molecule has 3 rings (SSSR count). The maximum atomic E-state index is 12.6. The summed E-state index contributed by atoms with van der Waals surface area (Å²) in [6.45, 7) is 7.45. The number of allylic oxidation sites excluding steroid dienone is 1. The van der Waals surface area contributed by atoms with Gasteiger partial charge < -0.3 is 4.74 Å². The summed E-state index contributed by atoms with van der Waals surface area (Å²) in [7, 11) is 1.54. The Morgan fingerprint density at radius 3 is 2.60 bits per heavy atom. The monoisotopic (exact) mass is 420 g/mol. The van der Waals surface area contributed by atoms with Crippen LogP contribution in [-0.2, 0) is 4.79 Å². The Morgan fingerprint density at radius 2 is 1.90 bits per heavy atom. The van der Waals surface area contributed by atoms with Crippen LogP contribution in [0.4, 0.5) is 10.8 Å². The Morgan fingerprint density at radius 1 is 1.13 bits per heavy atom. The van der Waals surface area contributed by atoms with E-state index in [4.69, 9.17) is 4.74 Å². The van der Waals surface area contributed by atoms with Gasteiger partial charge in [-0.2, -0.15) is 0 Å². The van der Waals surface area contributed by atoms with Gasteiger partial charge in [0.05, 0.1) is 24.1 Å². The molecule has 154 valence electrons. The van der Waals surface area contributed by atoms with Crippen LogP contribution in [0.1, 0.15) is 39.7 Å². The van der Waals surface area contributed by atoms with Crippen molar-refractivity contribution in [3.63, 3.8) is 0 Å². The van der Waals surface area contributed by atoms with Crippen LogP contribution in [0.15, 0.2) is 47.9 Å². The first-order valence-corrected chi connectivity index (χ1v) is 10.4. The minimum Gasteiger partial charge on any atom is -0.496 e. The van der Waals surface area contributed by atoms with Crippen molar-refractivity contribution in [3.05, 3.63) is 75.8 Å². The lowest BCUT2D eigenvalue weighted by atomic mass is 10.1. The number of carbonyl (C=O) groups is 2. The van der Waals surface area contributed by atoms with Crippen LogP contribution in [0.5, 0.6) is 5.75 Å². The highest BCUT2D eigenvalue weighted by atomic mass is 32.1. The Labute approximate surface area is 180 Å². The SMILES string of the molecule is COc1ccc(C)cc1C(=O)/C=C/c1csc(N(C(C)=O)c2cccc(C)c2C)n1. The third kappa shape index (κ3) is 4.49. The molecule has 3 aromatic rings. The van der Waals surface area contributed by atoms with Crippen molar-refractivity contribution < 1.29 is 14.3 Å². The number of ether oxygens (including phenoxy) is 1. The number of rotatable bonds is 6. The number of hydrogen-bond acceptors (Lipinski definition) is 5. The number of amides is 1. The van der Waals surface area contributed by atoms with Gasteiger partial charge in [-0.1, -0.05) is 23.8 Å². The molecule has 1 amide bonds. The number of aryl methyl sites for hydroxylation is 2. The second kappa shape index (κ2) is 9.05. The van der Waals surface area contributed by atoms with E-state index in [-0.39, 0.29) is 11.7 Å². The molecule has 0 radical (unpaired) electrons. The molecule has 0 aliphatic heterocycles. The average molecular weight is 421 g/mol. The standard InChI is InChI=1S/C24H24N2O3S/c1-15-9-12-23(29-5)20(13-15)22(28)11-10-19-14-30-24(25-19)26(18(4)27)21-8-6-7-16(2)17(21)3/h6-14H,1-5H3/b11-10+. The van der Waals surface area contributed by atoms with Crippen LogP contribution in [0.25, 0.3) is 6.08 Å².